The summed E-state index contributed by atoms with van der Waals surface area (Å²) in [6.07, 6.45) is 2.54. The Morgan fingerprint density at radius 3 is 2.50 bits per heavy atom. The van der Waals surface area contributed by atoms with Gasteiger partial charge in [-0.3, -0.25) is 9.78 Å². The molecule has 7 nitrogen and oxygen atoms in total. The number of hydrogen-bond acceptors (Lipinski definition) is 5. The monoisotopic (exact) mass is 349 g/mol. The van der Waals surface area contributed by atoms with Gasteiger partial charge >= 0.3 is 0 Å². The fraction of sp³-hybridized carbons (Fsp3) is 0.250. The van der Waals surface area contributed by atoms with Gasteiger partial charge < -0.3 is 10.1 Å². The van der Waals surface area contributed by atoms with Gasteiger partial charge in [-0.05, 0) is 29.8 Å². The van der Waals surface area contributed by atoms with Crippen LogP contribution in [-0.4, -0.2) is 32.7 Å². The van der Waals surface area contributed by atoms with Gasteiger partial charge in [0.05, 0.1) is 25.6 Å². The van der Waals surface area contributed by atoms with Crippen molar-refractivity contribution in [3.05, 3.63) is 59.4 Å². The highest BCUT2D eigenvalue weighted by molar-refractivity contribution is 7.88. The minimum absolute atomic E-state index is 0.0401. The van der Waals surface area contributed by atoms with E-state index in [1.165, 1.54) is 6.20 Å². The molecule has 0 atom stereocenters. The Bertz CT molecular complexity index is 804. The Kier molecular flexibility index (Phi) is 5.88. The first-order valence-electron chi connectivity index (χ1n) is 7.18. The Labute approximate surface area is 141 Å². The average Bonchev–Trinajstić information content (AvgIpc) is 2.58. The van der Waals surface area contributed by atoms with Gasteiger partial charge in [0.25, 0.3) is 5.91 Å². The highest BCUT2D eigenvalue weighted by Gasteiger charge is 2.08. The van der Waals surface area contributed by atoms with Crippen molar-refractivity contribution in [2.45, 2.75) is 13.1 Å². The third-order valence-electron chi connectivity index (χ3n) is 3.21. The standard InChI is InChI=1S/C16H19N3O4S/c1-23-15-5-3-12(4-6-15)10-18-16(20)13-7-8-17-14(9-13)11-19-24(2,21)22/h3-9,19H,10-11H2,1-2H3,(H,18,20). The van der Waals surface area contributed by atoms with E-state index in [0.717, 1.165) is 17.6 Å². The summed E-state index contributed by atoms with van der Waals surface area (Å²) < 4.78 is 29.6. The predicted molar refractivity (Wildman–Crippen MR) is 90.1 cm³/mol. The van der Waals surface area contributed by atoms with Crippen molar-refractivity contribution < 1.29 is 17.9 Å². The van der Waals surface area contributed by atoms with Gasteiger partial charge in [-0.2, -0.15) is 0 Å². The molecule has 1 aromatic carbocycles. The van der Waals surface area contributed by atoms with Crippen molar-refractivity contribution in [1.82, 2.24) is 15.0 Å². The van der Waals surface area contributed by atoms with Gasteiger partial charge in [-0.25, -0.2) is 13.1 Å². The number of rotatable bonds is 7. The van der Waals surface area contributed by atoms with Crippen LogP contribution in [0.25, 0.3) is 0 Å². The van der Waals surface area contributed by atoms with Crippen molar-refractivity contribution in [3.8, 4) is 5.75 Å². The van der Waals surface area contributed by atoms with Crippen LogP contribution in [0.3, 0.4) is 0 Å². The largest absolute Gasteiger partial charge is 0.497 e. The molecule has 1 heterocycles. The zero-order valence-electron chi connectivity index (χ0n) is 13.4. The topological polar surface area (TPSA) is 97.4 Å². The maximum absolute atomic E-state index is 12.2. The molecule has 2 rings (SSSR count). The first-order chi connectivity index (χ1) is 11.4. The SMILES string of the molecule is COc1ccc(CNC(=O)c2ccnc(CNS(C)(=O)=O)c2)cc1. The molecule has 2 N–H and O–H groups in total. The fourth-order valence-corrected chi connectivity index (χ4v) is 2.36. The number of carbonyl (C=O) groups excluding carboxylic acids is 1. The number of aromatic nitrogens is 1. The summed E-state index contributed by atoms with van der Waals surface area (Å²) in [5.41, 5.74) is 1.83. The number of methoxy groups -OCH3 is 1. The van der Waals surface area contributed by atoms with Crippen molar-refractivity contribution in [3.63, 3.8) is 0 Å². The summed E-state index contributed by atoms with van der Waals surface area (Å²) in [5.74, 6) is 0.496. The molecular weight excluding hydrogens is 330 g/mol. The molecule has 0 aliphatic heterocycles. The first-order valence-corrected chi connectivity index (χ1v) is 9.07. The molecule has 1 aromatic heterocycles. The molecule has 0 aliphatic rings. The van der Waals surface area contributed by atoms with Gasteiger partial charge in [-0.1, -0.05) is 12.1 Å². The number of nitrogens with one attached hydrogen (secondary N) is 2. The van der Waals surface area contributed by atoms with Crippen molar-refractivity contribution >= 4 is 15.9 Å². The first kappa shape index (κ1) is 17.9. The van der Waals surface area contributed by atoms with Crippen molar-refractivity contribution in [1.29, 1.82) is 0 Å². The molecule has 1 amide bonds. The number of benzene rings is 1. The minimum Gasteiger partial charge on any atom is -0.497 e. The molecule has 0 saturated carbocycles. The summed E-state index contributed by atoms with van der Waals surface area (Å²) >= 11 is 0. The normalized spacial score (nSPS) is 11.1. The molecule has 0 radical (unpaired) electrons. The van der Waals surface area contributed by atoms with E-state index in [2.05, 4.69) is 15.0 Å². The third-order valence-corrected chi connectivity index (χ3v) is 3.88. The zero-order chi connectivity index (χ0) is 17.6. The van der Waals surface area contributed by atoms with E-state index in [9.17, 15) is 13.2 Å². The van der Waals surface area contributed by atoms with E-state index in [1.807, 2.05) is 24.3 Å². The van der Waals surface area contributed by atoms with Crippen LogP contribution in [0.5, 0.6) is 5.75 Å². The van der Waals surface area contributed by atoms with Crippen LogP contribution in [0.15, 0.2) is 42.6 Å². The summed E-state index contributed by atoms with van der Waals surface area (Å²) in [6, 6.07) is 10.5. The molecule has 24 heavy (non-hydrogen) atoms. The molecule has 0 fully saturated rings. The van der Waals surface area contributed by atoms with Crippen LogP contribution >= 0.6 is 0 Å². The second-order valence-electron chi connectivity index (χ2n) is 5.16. The van der Waals surface area contributed by atoms with Gasteiger partial charge in [0.15, 0.2) is 0 Å². The van der Waals surface area contributed by atoms with Crippen LogP contribution in [0.2, 0.25) is 0 Å². The van der Waals surface area contributed by atoms with Crippen molar-refractivity contribution in [2.24, 2.45) is 0 Å². The van der Waals surface area contributed by atoms with E-state index >= 15 is 0 Å². The molecule has 0 unspecified atom stereocenters. The third kappa shape index (κ3) is 5.64. The van der Waals surface area contributed by atoms with Crippen LogP contribution in [0, 0.1) is 0 Å². The zero-order valence-corrected chi connectivity index (χ0v) is 14.3. The smallest absolute Gasteiger partial charge is 0.251 e. The maximum Gasteiger partial charge on any atom is 0.251 e. The number of sulfonamides is 1. The summed E-state index contributed by atoms with van der Waals surface area (Å²) in [4.78, 5) is 16.2. The average molecular weight is 349 g/mol. The molecule has 0 saturated heterocycles. The van der Waals surface area contributed by atoms with Crippen LogP contribution in [0.1, 0.15) is 21.6 Å². The molecular formula is C16H19N3O4S. The van der Waals surface area contributed by atoms with E-state index in [4.69, 9.17) is 4.74 Å². The second-order valence-corrected chi connectivity index (χ2v) is 6.99. The highest BCUT2D eigenvalue weighted by Crippen LogP contribution is 2.11. The minimum atomic E-state index is -3.31. The number of ether oxygens (including phenoxy) is 1. The van der Waals surface area contributed by atoms with Crippen molar-refractivity contribution in [2.75, 3.05) is 13.4 Å². The van der Waals surface area contributed by atoms with E-state index in [-0.39, 0.29) is 12.5 Å². The summed E-state index contributed by atoms with van der Waals surface area (Å²) in [6.45, 7) is 0.417. The predicted octanol–water partition coefficient (Wildman–Crippen LogP) is 1.07. The Morgan fingerprint density at radius 1 is 1.17 bits per heavy atom. The van der Waals surface area contributed by atoms with Crippen LogP contribution < -0.4 is 14.8 Å². The summed E-state index contributed by atoms with van der Waals surface area (Å²) in [7, 11) is -1.71. The molecule has 0 aliphatic carbocycles. The van der Waals surface area contributed by atoms with E-state index < -0.39 is 10.0 Å². The Balaban J connectivity index is 1.96. The van der Waals surface area contributed by atoms with Gasteiger partial charge in [0.1, 0.15) is 5.75 Å². The lowest BCUT2D eigenvalue weighted by atomic mass is 10.2. The molecule has 0 bridgehead atoms. The number of amides is 1. The summed E-state index contributed by atoms with van der Waals surface area (Å²) in [5, 5.41) is 2.81. The van der Waals surface area contributed by atoms with Gasteiger partial charge in [-0.15, -0.1) is 0 Å². The van der Waals surface area contributed by atoms with E-state index in [0.29, 0.717) is 17.8 Å². The molecule has 128 valence electrons. The van der Waals surface area contributed by atoms with Crippen LogP contribution in [0.4, 0.5) is 0 Å². The van der Waals surface area contributed by atoms with Gasteiger partial charge in [0.2, 0.25) is 10.0 Å². The highest BCUT2D eigenvalue weighted by atomic mass is 32.2. The molecule has 2 aromatic rings. The second kappa shape index (κ2) is 7.89. The number of hydrogen-bond donors (Lipinski definition) is 2. The Hall–Kier alpha value is -2.45. The quantitative estimate of drug-likeness (QED) is 0.779. The Morgan fingerprint density at radius 2 is 1.88 bits per heavy atom. The fourth-order valence-electron chi connectivity index (χ4n) is 1.95. The number of nitrogens with zero attached hydrogens (tertiary/aromatic N) is 1. The van der Waals surface area contributed by atoms with Crippen LogP contribution in [-0.2, 0) is 23.1 Å². The molecule has 8 heteroatoms. The van der Waals surface area contributed by atoms with E-state index in [1.54, 1.807) is 19.2 Å². The lowest BCUT2D eigenvalue weighted by Crippen LogP contribution is -2.24. The number of carbonyl (C=O) groups is 1. The van der Waals surface area contributed by atoms with Gasteiger partial charge in [0, 0.05) is 18.3 Å². The molecule has 0 spiro atoms. The maximum atomic E-state index is 12.2. The number of pyridine rings is 1. The lowest BCUT2D eigenvalue weighted by Gasteiger charge is -2.08. The lowest BCUT2D eigenvalue weighted by molar-refractivity contribution is 0.0950.